The van der Waals surface area contributed by atoms with Gasteiger partial charge in [0.1, 0.15) is 0 Å². The summed E-state index contributed by atoms with van der Waals surface area (Å²) in [6.45, 7) is 0.753. The molecule has 1 aromatic rings. The number of halogens is 2. The smallest absolute Gasteiger partial charge is 0.251 e. The van der Waals surface area contributed by atoms with Crippen LogP contribution in [0.4, 0.5) is 0 Å². The van der Waals surface area contributed by atoms with Gasteiger partial charge in [0.25, 0.3) is 5.91 Å². The molecule has 2 fully saturated rings. The van der Waals surface area contributed by atoms with Crippen LogP contribution in [0.25, 0.3) is 0 Å². The summed E-state index contributed by atoms with van der Waals surface area (Å²) in [6, 6.07) is 5.00. The van der Waals surface area contributed by atoms with Gasteiger partial charge in [-0.3, -0.25) is 4.79 Å². The summed E-state index contributed by atoms with van der Waals surface area (Å²) in [4.78, 5) is 12.3. The summed E-state index contributed by atoms with van der Waals surface area (Å²) in [6.07, 6.45) is 2.20. The molecule has 6 heteroatoms. The van der Waals surface area contributed by atoms with Crippen molar-refractivity contribution in [2.45, 2.75) is 31.0 Å². The van der Waals surface area contributed by atoms with Gasteiger partial charge in [0.15, 0.2) is 0 Å². The fraction of sp³-hybridized carbons (Fsp3) is 0.500. The molecule has 108 valence electrons. The number of amides is 1. The lowest BCUT2D eigenvalue weighted by Gasteiger charge is -2.52. The zero-order valence-corrected chi connectivity index (χ0v) is 13.2. The standard InChI is InChI=1S/C14H16BrClN2O2/c15-8-4-7(5-9(16)6-8)14(19)18-12-11(17)10-2-1-3-20-13(10)12/h4-6,10-13H,1-3,17H2,(H,18,19). The number of carbonyl (C=O) groups is 1. The molecule has 1 heterocycles. The van der Waals surface area contributed by atoms with Crippen LogP contribution >= 0.6 is 27.5 Å². The van der Waals surface area contributed by atoms with E-state index in [0.29, 0.717) is 16.5 Å². The third-order valence-corrected chi connectivity index (χ3v) is 4.78. The molecule has 0 bridgehead atoms. The first kappa shape index (κ1) is 14.3. The van der Waals surface area contributed by atoms with Gasteiger partial charge in [-0.1, -0.05) is 27.5 Å². The van der Waals surface area contributed by atoms with Crippen molar-refractivity contribution >= 4 is 33.4 Å². The maximum Gasteiger partial charge on any atom is 0.251 e. The second kappa shape index (κ2) is 5.64. The highest BCUT2D eigenvalue weighted by molar-refractivity contribution is 9.10. The van der Waals surface area contributed by atoms with E-state index in [4.69, 9.17) is 22.1 Å². The largest absolute Gasteiger partial charge is 0.376 e. The van der Waals surface area contributed by atoms with Crippen LogP contribution < -0.4 is 11.1 Å². The third-order valence-electron chi connectivity index (χ3n) is 4.10. The zero-order chi connectivity index (χ0) is 14.3. The van der Waals surface area contributed by atoms with Crippen LogP contribution in [0, 0.1) is 5.92 Å². The van der Waals surface area contributed by atoms with E-state index in [2.05, 4.69) is 21.2 Å². The molecule has 4 nitrogen and oxygen atoms in total. The van der Waals surface area contributed by atoms with Crippen molar-refractivity contribution in [1.82, 2.24) is 5.32 Å². The number of carbonyl (C=O) groups excluding carboxylic acids is 1. The van der Waals surface area contributed by atoms with Crippen molar-refractivity contribution < 1.29 is 9.53 Å². The number of nitrogens with two attached hydrogens (primary N) is 1. The lowest BCUT2D eigenvalue weighted by molar-refractivity contribution is -0.117. The molecule has 4 unspecified atom stereocenters. The Labute approximate surface area is 131 Å². The van der Waals surface area contributed by atoms with Gasteiger partial charge >= 0.3 is 0 Å². The number of hydrogen-bond donors (Lipinski definition) is 2. The Balaban J connectivity index is 1.70. The number of ether oxygens (including phenoxy) is 1. The minimum atomic E-state index is -0.165. The first-order valence-corrected chi connectivity index (χ1v) is 7.87. The fourth-order valence-corrected chi connectivity index (χ4v) is 3.91. The molecule has 1 saturated carbocycles. The lowest BCUT2D eigenvalue weighted by atomic mass is 9.68. The second-order valence-corrected chi connectivity index (χ2v) is 6.73. The van der Waals surface area contributed by atoms with E-state index in [1.54, 1.807) is 18.2 Å². The molecule has 3 rings (SSSR count). The summed E-state index contributed by atoms with van der Waals surface area (Å²) in [5, 5.41) is 3.49. The normalized spacial score (nSPS) is 32.1. The van der Waals surface area contributed by atoms with Gasteiger partial charge in [0, 0.05) is 33.6 Å². The molecule has 0 radical (unpaired) electrons. The van der Waals surface area contributed by atoms with Crippen LogP contribution in [0.2, 0.25) is 5.02 Å². The van der Waals surface area contributed by atoms with Crippen LogP contribution in [0.1, 0.15) is 23.2 Å². The van der Waals surface area contributed by atoms with Gasteiger partial charge < -0.3 is 15.8 Å². The quantitative estimate of drug-likeness (QED) is 0.852. The highest BCUT2D eigenvalue weighted by atomic mass is 79.9. The Bertz CT molecular complexity index is 520. The molecular formula is C14H16BrClN2O2. The van der Waals surface area contributed by atoms with Gasteiger partial charge in [0.05, 0.1) is 12.1 Å². The monoisotopic (exact) mass is 358 g/mol. The Morgan fingerprint density at radius 2 is 2.25 bits per heavy atom. The molecule has 1 aliphatic carbocycles. The fourth-order valence-electron chi connectivity index (χ4n) is 3.05. The lowest BCUT2D eigenvalue weighted by Crippen LogP contribution is -2.72. The predicted octanol–water partition coefficient (Wildman–Crippen LogP) is 2.34. The van der Waals surface area contributed by atoms with E-state index in [9.17, 15) is 4.79 Å². The summed E-state index contributed by atoms with van der Waals surface area (Å²) in [5.41, 5.74) is 6.66. The van der Waals surface area contributed by atoms with Crippen LogP contribution in [-0.2, 0) is 4.74 Å². The van der Waals surface area contributed by atoms with Crippen molar-refractivity contribution in [3.05, 3.63) is 33.3 Å². The van der Waals surface area contributed by atoms with E-state index in [0.717, 1.165) is 23.9 Å². The van der Waals surface area contributed by atoms with Crippen molar-refractivity contribution in [2.24, 2.45) is 11.7 Å². The van der Waals surface area contributed by atoms with Gasteiger partial charge in [-0.15, -0.1) is 0 Å². The molecule has 1 aromatic carbocycles. The molecule has 1 amide bonds. The molecular weight excluding hydrogens is 344 g/mol. The molecule has 2 aliphatic rings. The highest BCUT2D eigenvalue weighted by Crippen LogP contribution is 2.37. The van der Waals surface area contributed by atoms with E-state index in [1.807, 2.05) is 0 Å². The average molecular weight is 360 g/mol. The summed E-state index contributed by atoms with van der Waals surface area (Å²) >= 11 is 9.29. The number of nitrogens with one attached hydrogen (secondary N) is 1. The van der Waals surface area contributed by atoms with Crippen molar-refractivity contribution in [2.75, 3.05) is 6.61 Å². The first-order valence-electron chi connectivity index (χ1n) is 6.70. The molecule has 3 N–H and O–H groups in total. The van der Waals surface area contributed by atoms with Gasteiger partial charge in [-0.2, -0.15) is 0 Å². The average Bonchev–Trinajstić information content (AvgIpc) is 2.43. The maximum atomic E-state index is 12.3. The summed E-state index contributed by atoms with van der Waals surface area (Å²) in [5.74, 6) is 0.210. The predicted molar refractivity (Wildman–Crippen MR) is 80.8 cm³/mol. The van der Waals surface area contributed by atoms with E-state index in [1.165, 1.54) is 0 Å². The van der Waals surface area contributed by atoms with Crippen molar-refractivity contribution in [3.8, 4) is 0 Å². The minimum Gasteiger partial charge on any atom is -0.376 e. The topological polar surface area (TPSA) is 64.3 Å². The van der Waals surface area contributed by atoms with E-state index in [-0.39, 0.29) is 24.1 Å². The van der Waals surface area contributed by atoms with E-state index >= 15 is 0 Å². The third kappa shape index (κ3) is 2.60. The van der Waals surface area contributed by atoms with Crippen molar-refractivity contribution in [3.63, 3.8) is 0 Å². The van der Waals surface area contributed by atoms with E-state index < -0.39 is 0 Å². The Kier molecular flexibility index (Phi) is 4.04. The van der Waals surface area contributed by atoms with Crippen LogP contribution in [-0.4, -0.2) is 30.7 Å². The number of rotatable bonds is 2. The second-order valence-electron chi connectivity index (χ2n) is 5.38. The van der Waals surface area contributed by atoms with Crippen LogP contribution in [0.5, 0.6) is 0 Å². The number of benzene rings is 1. The molecule has 0 spiro atoms. The van der Waals surface area contributed by atoms with Crippen molar-refractivity contribution in [1.29, 1.82) is 0 Å². The van der Waals surface area contributed by atoms with Gasteiger partial charge in [-0.25, -0.2) is 0 Å². The highest BCUT2D eigenvalue weighted by Gasteiger charge is 2.51. The van der Waals surface area contributed by atoms with Gasteiger partial charge in [0.2, 0.25) is 0 Å². The Hall–Kier alpha value is -0.620. The van der Waals surface area contributed by atoms with Crippen LogP contribution in [0.15, 0.2) is 22.7 Å². The zero-order valence-electron chi connectivity index (χ0n) is 10.8. The minimum absolute atomic E-state index is 0.0214. The van der Waals surface area contributed by atoms with Gasteiger partial charge in [-0.05, 0) is 31.0 Å². The Morgan fingerprint density at radius 1 is 1.45 bits per heavy atom. The molecule has 0 aromatic heterocycles. The summed E-state index contributed by atoms with van der Waals surface area (Å²) in [7, 11) is 0. The molecule has 1 aliphatic heterocycles. The molecule has 4 atom stereocenters. The number of hydrogen-bond acceptors (Lipinski definition) is 3. The first-order chi connectivity index (χ1) is 9.56. The molecule has 20 heavy (non-hydrogen) atoms. The van der Waals surface area contributed by atoms with Crippen LogP contribution in [0.3, 0.4) is 0 Å². The SMILES string of the molecule is NC1C2CCCOC2C1NC(=O)c1cc(Cl)cc(Br)c1. The summed E-state index contributed by atoms with van der Waals surface area (Å²) < 4.78 is 6.49. The molecule has 1 saturated heterocycles. The Morgan fingerprint density at radius 3 is 3.00 bits per heavy atom. The maximum absolute atomic E-state index is 12.3. The number of fused-ring (bicyclic) bond motifs is 1.